The van der Waals surface area contributed by atoms with E-state index in [1.54, 1.807) is 14.2 Å². The van der Waals surface area contributed by atoms with Crippen LogP contribution in [0.1, 0.15) is 25.3 Å². The van der Waals surface area contributed by atoms with Gasteiger partial charge in [0, 0.05) is 23.7 Å². The lowest BCUT2D eigenvalue weighted by molar-refractivity contribution is 0.188. The first-order valence-corrected chi connectivity index (χ1v) is 9.17. The minimum Gasteiger partial charge on any atom is -0.494 e. The largest absolute Gasteiger partial charge is 0.494 e. The van der Waals surface area contributed by atoms with Crippen LogP contribution in [0.4, 0.5) is 0 Å². The summed E-state index contributed by atoms with van der Waals surface area (Å²) in [4.78, 5) is 4.88. The molecule has 132 valence electrons. The van der Waals surface area contributed by atoms with E-state index in [0.717, 1.165) is 32.6 Å². The molecule has 0 aliphatic rings. The van der Waals surface area contributed by atoms with Crippen molar-refractivity contribution < 1.29 is 9.47 Å². The van der Waals surface area contributed by atoms with Gasteiger partial charge in [-0.15, -0.1) is 0 Å². The van der Waals surface area contributed by atoms with Crippen LogP contribution in [-0.2, 0) is 11.3 Å². The van der Waals surface area contributed by atoms with Gasteiger partial charge in [-0.3, -0.25) is 0 Å². The SMILES string of the molecule is COCCn1c(-c2ccc(C(C)C)cc2)nc2cc(Br)cc(OC)c21. The number of imidazole rings is 1. The van der Waals surface area contributed by atoms with Gasteiger partial charge >= 0.3 is 0 Å². The van der Waals surface area contributed by atoms with E-state index >= 15 is 0 Å². The smallest absolute Gasteiger partial charge is 0.145 e. The predicted octanol–water partition coefficient (Wildman–Crippen LogP) is 5.24. The second-order valence-electron chi connectivity index (χ2n) is 6.33. The molecular formula is C20H23BrN2O2. The van der Waals surface area contributed by atoms with Gasteiger partial charge < -0.3 is 14.0 Å². The van der Waals surface area contributed by atoms with Gasteiger partial charge in [0.05, 0.1) is 19.2 Å². The van der Waals surface area contributed by atoms with Crippen molar-refractivity contribution in [2.45, 2.75) is 26.3 Å². The van der Waals surface area contributed by atoms with E-state index < -0.39 is 0 Å². The van der Waals surface area contributed by atoms with Gasteiger partial charge in [0.2, 0.25) is 0 Å². The van der Waals surface area contributed by atoms with Gasteiger partial charge in [-0.2, -0.15) is 0 Å². The number of hydrogen-bond donors (Lipinski definition) is 0. The third kappa shape index (κ3) is 3.58. The fourth-order valence-corrected chi connectivity index (χ4v) is 3.42. The van der Waals surface area contributed by atoms with Crippen LogP contribution in [-0.4, -0.2) is 30.4 Å². The number of methoxy groups -OCH3 is 2. The zero-order valence-corrected chi connectivity index (χ0v) is 16.6. The lowest BCUT2D eigenvalue weighted by Gasteiger charge is -2.12. The molecular weight excluding hydrogens is 380 g/mol. The number of halogens is 1. The van der Waals surface area contributed by atoms with Crippen LogP contribution in [0.5, 0.6) is 5.75 Å². The molecule has 0 unspecified atom stereocenters. The van der Waals surface area contributed by atoms with E-state index in [4.69, 9.17) is 14.5 Å². The number of aromatic nitrogens is 2. The molecule has 0 amide bonds. The molecule has 0 spiro atoms. The number of fused-ring (bicyclic) bond motifs is 1. The summed E-state index contributed by atoms with van der Waals surface area (Å²) in [5.41, 5.74) is 4.31. The number of hydrogen-bond acceptors (Lipinski definition) is 3. The molecule has 3 aromatic rings. The standard InChI is InChI=1S/C20H23BrN2O2/c1-13(2)14-5-7-15(8-6-14)20-22-17-11-16(21)12-18(25-4)19(17)23(20)9-10-24-3/h5-8,11-13H,9-10H2,1-4H3. The van der Waals surface area contributed by atoms with Gasteiger partial charge in [0.25, 0.3) is 0 Å². The highest BCUT2D eigenvalue weighted by atomic mass is 79.9. The molecule has 3 rings (SSSR count). The monoisotopic (exact) mass is 402 g/mol. The van der Waals surface area contributed by atoms with Gasteiger partial charge in [0.1, 0.15) is 17.1 Å². The van der Waals surface area contributed by atoms with E-state index in [2.05, 4.69) is 58.6 Å². The molecule has 0 fully saturated rings. The van der Waals surface area contributed by atoms with Crippen LogP contribution in [0.3, 0.4) is 0 Å². The molecule has 0 saturated heterocycles. The molecule has 0 aliphatic heterocycles. The molecule has 0 radical (unpaired) electrons. The van der Waals surface area contributed by atoms with E-state index in [9.17, 15) is 0 Å². The summed E-state index contributed by atoms with van der Waals surface area (Å²) >= 11 is 3.54. The summed E-state index contributed by atoms with van der Waals surface area (Å²) in [5.74, 6) is 2.24. The van der Waals surface area contributed by atoms with Gasteiger partial charge in [-0.1, -0.05) is 54.0 Å². The van der Waals surface area contributed by atoms with E-state index in [1.807, 2.05) is 12.1 Å². The summed E-state index contributed by atoms with van der Waals surface area (Å²) in [6.07, 6.45) is 0. The molecule has 0 aliphatic carbocycles. The maximum Gasteiger partial charge on any atom is 0.145 e. The van der Waals surface area contributed by atoms with Crippen LogP contribution in [0, 0.1) is 0 Å². The molecule has 0 saturated carbocycles. The Kier molecular flexibility index (Phi) is 5.45. The van der Waals surface area contributed by atoms with Crippen LogP contribution >= 0.6 is 15.9 Å². The highest BCUT2D eigenvalue weighted by molar-refractivity contribution is 9.10. The average molecular weight is 403 g/mol. The highest BCUT2D eigenvalue weighted by Crippen LogP contribution is 2.34. The normalized spacial score (nSPS) is 11.4. The molecule has 2 aromatic carbocycles. The van der Waals surface area contributed by atoms with Crippen molar-refractivity contribution in [3.05, 3.63) is 46.4 Å². The number of rotatable bonds is 6. The Labute approximate surface area is 156 Å². The fraction of sp³-hybridized carbons (Fsp3) is 0.350. The fourth-order valence-electron chi connectivity index (χ4n) is 2.99. The minimum atomic E-state index is 0.511. The van der Waals surface area contributed by atoms with Crippen molar-refractivity contribution in [3.8, 4) is 17.1 Å². The summed E-state index contributed by atoms with van der Waals surface area (Å²) in [6, 6.07) is 12.6. The molecule has 0 bridgehead atoms. The Bertz CT molecular complexity index is 870. The third-order valence-electron chi connectivity index (χ3n) is 4.35. The van der Waals surface area contributed by atoms with Crippen molar-refractivity contribution in [3.63, 3.8) is 0 Å². The molecule has 0 N–H and O–H groups in total. The summed E-state index contributed by atoms with van der Waals surface area (Å²) in [7, 11) is 3.40. The van der Waals surface area contributed by atoms with E-state index in [1.165, 1.54) is 5.56 Å². The lowest BCUT2D eigenvalue weighted by Crippen LogP contribution is -2.06. The Balaban J connectivity index is 2.19. The Morgan fingerprint density at radius 2 is 1.84 bits per heavy atom. The van der Waals surface area contributed by atoms with Gasteiger partial charge in [0.15, 0.2) is 0 Å². The second kappa shape index (κ2) is 7.58. The topological polar surface area (TPSA) is 36.3 Å². The first-order chi connectivity index (χ1) is 12.0. The van der Waals surface area contributed by atoms with Crippen LogP contribution < -0.4 is 4.74 Å². The van der Waals surface area contributed by atoms with E-state index in [0.29, 0.717) is 19.1 Å². The maximum absolute atomic E-state index is 5.60. The van der Waals surface area contributed by atoms with Crippen LogP contribution in [0.25, 0.3) is 22.4 Å². The van der Waals surface area contributed by atoms with Crippen molar-refractivity contribution in [1.29, 1.82) is 0 Å². The molecule has 1 aromatic heterocycles. The quantitative estimate of drug-likeness (QED) is 0.565. The molecule has 25 heavy (non-hydrogen) atoms. The number of nitrogens with zero attached hydrogens (tertiary/aromatic N) is 2. The maximum atomic E-state index is 5.60. The zero-order valence-electron chi connectivity index (χ0n) is 15.0. The lowest BCUT2D eigenvalue weighted by atomic mass is 10.0. The van der Waals surface area contributed by atoms with Gasteiger partial charge in [-0.25, -0.2) is 4.98 Å². The average Bonchev–Trinajstić information content (AvgIpc) is 2.97. The third-order valence-corrected chi connectivity index (χ3v) is 4.80. The zero-order chi connectivity index (χ0) is 18.0. The predicted molar refractivity (Wildman–Crippen MR) is 105 cm³/mol. The highest BCUT2D eigenvalue weighted by Gasteiger charge is 2.17. The van der Waals surface area contributed by atoms with E-state index in [-0.39, 0.29) is 0 Å². The Morgan fingerprint density at radius 1 is 1.12 bits per heavy atom. The van der Waals surface area contributed by atoms with Crippen molar-refractivity contribution in [2.24, 2.45) is 0 Å². The van der Waals surface area contributed by atoms with Crippen LogP contribution in [0.15, 0.2) is 40.9 Å². The van der Waals surface area contributed by atoms with Crippen molar-refractivity contribution in [2.75, 3.05) is 20.8 Å². The summed E-state index contributed by atoms with van der Waals surface area (Å²) in [6.45, 7) is 5.73. The molecule has 4 nitrogen and oxygen atoms in total. The number of ether oxygens (including phenoxy) is 2. The van der Waals surface area contributed by atoms with Crippen LogP contribution in [0.2, 0.25) is 0 Å². The first kappa shape index (κ1) is 18.0. The summed E-state index contributed by atoms with van der Waals surface area (Å²) in [5, 5.41) is 0. The van der Waals surface area contributed by atoms with Crippen molar-refractivity contribution >= 4 is 27.0 Å². The molecule has 1 heterocycles. The number of benzene rings is 2. The second-order valence-corrected chi connectivity index (χ2v) is 7.25. The minimum absolute atomic E-state index is 0.511. The van der Waals surface area contributed by atoms with Gasteiger partial charge in [-0.05, 0) is 23.6 Å². The Hall–Kier alpha value is -1.85. The van der Waals surface area contributed by atoms with Crippen molar-refractivity contribution in [1.82, 2.24) is 9.55 Å². The molecule has 0 atom stereocenters. The first-order valence-electron chi connectivity index (χ1n) is 8.38. The Morgan fingerprint density at radius 3 is 2.44 bits per heavy atom. The summed E-state index contributed by atoms with van der Waals surface area (Å²) < 4.78 is 14.0. The molecule has 5 heteroatoms.